The van der Waals surface area contributed by atoms with E-state index in [0.29, 0.717) is 0 Å². The van der Waals surface area contributed by atoms with Crippen molar-refractivity contribution in [3.63, 3.8) is 0 Å². The summed E-state index contributed by atoms with van der Waals surface area (Å²) < 4.78 is 22.3. The molecule has 3 N–H and O–H groups in total. The fourth-order valence-electron chi connectivity index (χ4n) is 1.89. The number of hydrogen-bond donors (Lipinski definition) is 2. The Labute approximate surface area is 116 Å². The second-order valence-electron chi connectivity index (χ2n) is 5.33. The maximum absolute atomic E-state index is 11.2. The molecule has 1 aromatic carbocycles. The molecule has 0 bridgehead atoms. The molecule has 0 amide bonds. The third-order valence-electron chi connectivity index (χ3n) is 3.12. The van der Waals surface area contributed by atoms with Crippen molar-refractivity contribution < 1.29 is 8.42 Å². The van der Waals surface area contributed by atoms with Gasteiger partial charge in [-0.2, -0.15) is 0 Å². The van der Waals surface area contributed by atoms with Gasteiger partial charge < -0.3 is 5.32 Å². The Balaban J connectivity index is 2.51. The summed E-state index contributed by atoms with van der Waals surface area (Å²) in [5.74, 6) is 0.728. The van der Waals surface area contributed by atoms with Crippen LogP contribution in [0.2, 0.25) is 0 Å². The van der Waals surface area contributed by atoms with Crippen LogP contribution in [0.4, 0.5) is 0 Å². The first-order valence-corrected chi connectivity index (χ1v) is 8.21. The van der Waals surface area contributed by atoms with Gasteiger partial charge in [0.15, 0.2) is 0 Å². The fourth-order valence-corrected chi connectivity index (χ4v) is 2.41. The van der Waals surface area contributed by atoms with Crippen molar-refractivity contribution in [2.45, 2.75) is 44.6 Å². The molecule has 0 aliphatic carbocycles. The summed E-state index contributed by atoms with van der Waals surface area (Å²) in [6, 6.07) is 6.93. The van der Waals surface area contributed by atoms with E-state index in [1.54, 1.807) is 24.3 Å². The van der Waals surface area contributed by atoms with E-state index in [9.17, 15) is 8.42 Å². The van der Waals surface area contributed by atoms with Crippen LogP contribution in [0, 0.1) is 5.92 Å². The summed E-state index contributed by atoms with van der Waals surface area (Å²) in [6.45, 7) is 7.47. The topological polar surface area (TPSA) is 72.2 Å². The number of benzene rings is 1. The number of hydrogen-bond acceptors (Lipinski definition) is 3. The van der Waals surface area contributed by atoms with Gasteiger partial charge in [-0.3, -0.25) is 0 Å². The number of rotatable bonds is 7. The van der Waals surface area contributed by atoms with Crippen LogP contribution in [0.1, 0.15) is 45.2 Å². The summed E-state index contributed by atoms with van der Waals surface area (Å²) >= 11 is 0. The smallest absolute Gasteiger partial charge is 0.238 e. The molecule has 0 spiro atoms. The minimum Gasteiger partial charge on any atom is -0.310 e. The van der Waals surface area contributed by atoms with Crippen molar-refractivity contribution in [1.82, 2.24) is 5.32 Å². The Morgan fingerprint density at radius 1 is 1.16 bits per heavy atom. The highest BCUT2D eigenvalue weighted by Crippen LogP contribution is 2.15. The molecule has 1 unspecified atom stereocenters. The van der Waals surface area contributed by atoms with E-state index in [4.69, 9.17) is 5.14 Å². The normalized spacial score (nSPS) is 13.7. The standard InChI is InChI=1S/C14H24N2O2S/c1-11(2)5-4-10-16-12(3)13-6-8-14(9-7-13)19(15,17)18/h6-9,11-12,16H,4-5,10H2,1-3H3,(H2,15,17,18). The Kier molecular flexibility index (Phi) is 5.97. The van der Waals surface area contributed by atoms with Crippen LogP contribution in [0.25, 0.3) is 0 Å². The van der Waals surface area contributed by atoms with Crippen molar-refractivity contribution in [2.24, 2.45) is 11.1 Å². The van der Waals surface area contributed by atoms with E-state index in [2.05, 4.69) is 26.1 Å². The number of primary sulfonamides is 1. The zero-order valence-electron chi connectivity index (χ0n) is 11.9. The fraction of sp³-hybridized carbons (Fsp3) is 0.571. The van der Waals surface area contributed by atoms with Gasteiger partial charge in [-0.25, -0.2) is 13.6 Å². The Bertz CT molecular complexity index is 481. The van der Waals surface area contributed by atoms with Gasteiger partial charge in [-0.1, -0.05) is 26.0 Å². The van der Waals surface area contributed by atoms with Crippen LogP contribution in [-0.2, 0) is 10.0 Å². The predicted octanol–water partition coefficient (Wildman–Crippen LogP) is 2.42. The van der Waals surface area contributed by atoms with E-state index in [1.165, 1.54) is 6.42 Å². The summed E-state index contributed by atoms with van der Waals surface area (Å²) in [7, 11) is -3.60. The van der Waals surface area contributed by atoms with Gasteiger partial charge in [0.25, 0.3) is 0 Å². The van der Waals surface area contributed by atoms with Gasteiger partial charge in [0, 0.05) is 6.04 Å². The van der Waals surface area contributed by atoms with Crippen molar-refractivity contribution in [3.8, 4) is 0 Å². The van der Waals surface area contributed by atoms with Crippen LogP contribution < -0.4 is 10.5 Å². The van der Waals surface area contributed by atoms with Gasteiger partial charge in [-0.15, -0.1) is 0 Å². The van der Waals surface area contributed by atoms with Gasteiger partial charge in [-0.05, 0) is 49.9 Å². The lowest BCUT2D eigenvalue weighted by atomic mass is 10.1. The van der Waals surface area contributed by atoms with Crippen LogP contribution in [0.5, 0.6) is 0 Å². The van der Waals surface area contributed by atoms with E-state index in [-0.39, 0.29) is 10.9 Å². The first-order chi connectivity index (χ1) is 8.80. The summed E-state index contributed by atoms with van der Waals surface area (Å²) in [4.78, 5) is 0.156. The highest BCUT2D eigenvalue weighted by molar-refractivity contribution is 7.89. The summed E-state index contributed by atoms with van der Waals surface area (Å²) in [6.07, 6.45) is 2.36. The van der Waals surface area contributed by atoms with Crippen molar-refractivity contribution in [3.05, 3.63) is 29.8 Å². The molecule has 1 atom stereocenters. The van der Waals surface area contributed by atoms with Crippen molar-refractivity contribution in [2.75, 3.05) is 6.54 Å². The van der Waals surface area contributed by atoms with Gasteiger partial charge >= 0.3 is 0 Å². The maximum atomic E-state index is 11.2. The van der Waals surface area contributed by atoms with Crippen LogP contribution >= 0.6 is 0 Å². The zero-order chi connectivity index (χ0) is 14.5. The number of sulfonamides is 1. The molecule has 108 valence electrons. The van der Waals surface area contributed by atoms with E-state index in [1.807, 2.05) is 0 Å². The van der Waals surface area contributed by atoms with Crippen molar-refractivity contribution in [1.29, 1.82) is 0 Å². The molecule has 0 aromatic heterocycles. The Morgan fingerprint density at radius 2 is 1.74 bits per heavy atom. The van der Waals surface area contributed by atoms with E-state index >= 15 is 0 Å². The molecule has 5 heteroatoms. The van der Waals surface area contributed by atoms with Crippen LogP contribution in [0.15, 0.2) is 29.2 Å². The van der Waals surface area contributed by atoms with Crippen molar-refractivity contribution >= 4 is 10.0 Å². The lowest BCUT2D eigenvalue weighted by Crippen LogP contribution is -2.20. The SMILES string of the molecule is CC(C)CCCNC(C)c1ccc(S(N)(=O)=O)cc1. The van der Waals surface area contributed by atoms with E-state index < -0.39 is 10.0 Å². The molecule has 0 aliphatic rings. The molecule has 0 heterocycles. The maximum Gasteiger partial charge on any atom is 0.238 e. The lowest BCUT2D eigenvalue weighted by molar-refractivity contribution is 0.497. The number of nitrogens with two attached hydrogens (primary N) is 1. The minimum absolute atomic E-state index is 0.156. The van der Waals surface area contributed by atoms with Crippen LogP contribution in [-0.4, -0.2) is 15.0 Å². The third kappa shape index (κ3) is 5.72. The summed E-state index contributed by atoms with van der Waals surface area (Å²) in [5, 5.41) is 8.50. The molecule has 0 aliphatic heterocycles. The molecular formula is C14H24N2O2S. The minimum atomic E-state index is -3.60. The molecular weight excluding hydrogens is 260 g/mol. The number of nitrogens with one attached hydrogen (secondary N) is 1. The molecule has 0 saturated heterocycles. The first kappa shape index (κ1) is 16.1. The Morgan fingerprint density at radius 3 is 2.21 bits per heavy atom. The Hall–Kier alpha value is -0.910. The molecule has 0 fully saturated rings. The lowest BCUT2D eigenvalue weighted by Gasteiger charge is -2.15. The van der Waals surface area contributed by atoms with Gasteiger partial charge in [0.2, 0.25) is 10.0 Å². The second-order valence-corrected chi connectivity index (χ2v) is 6.89. The molecule has 0 saturated carbocycles. The second kappa shape index (κ2) is 7.03. The average molecular weight is 284 g/mol. The van der Waals surface area contributed by atoms with Gasteiger partial charge in [0.05, 0.1) is 4.90 Å². The highest BCUT2D eigenvalue weighted by Gasteiger charge is 2.09. The molecule has 1 rings (SSSR count). The monoisotopic (exact) mass is 284 g/mol. The predicted molar refractivity (Wildman–Crippen MR) is 78.3 cm³/mol. The quantitative estimate of drug-likeness (QED) is 0.755. The molecule has 0 radical (unpaired) electrons. The van der Waals surface area contributed by atoms with Crippen LogP contribution in [0.3, 0.4) is 0 Å². The third-order valence-corrected chi connectivity index (χ3v) is 4.05. The molecule has 1 aromatic rings. The molecule has 19 heavy (non-hydrogen) atoms. The van der Waals surface area contributed by atoms with E-state index in [0.717, 1.165) is 24.4 Å². The summed E-state index contributed by atoms with van der Waals surface area (Å²) in [5.41, 5.74) is 1.07. The van der Waals surface area contributed by atoms with Gasteiger partial charge in [0.1, 0.15) is 0 Å². The first-order valence-electron chi connectivity index (χ1n) is 6.67. The zero-order valence-corrected chi connectivity index (χ0v) is 12.7. The average Bonchev–Trinajstić information content (AvgIpc) is 2.33. The largest absolute Gasteiger partial charge is 0.310 e. The molecule has 4 nitrogen and oxygen atoms in total. The highest BCUT2D eigenvalue weighted by atomic mass is 32.2.